The van der Waals surface area contributed by atoms with E-state index >= 15 is 0 Å². The lowest BCUT2D eigenvalue weighted by atomic mass is 9.97. The first-order valence-corrected chi connectivity index (χ1v) is 12.2. The third-order valence-corrected chi connectivity index (χ3v) is 6.20. The maximum Gasteiger partial charge on any atom is 0.409 e. The number of carbonyl (C=O) groups excluding carboxylic acids is 2. The van der Waals surface area contributed by atoms with Gasteiger partial charge < -0.3 is 19.9 Å². The Hall–Kier alpha value is -3.61. The largest absolute Gasteiger partial charge is 0.453 e. The number of rotatable bonds is 8. The highest BCUT2D eigenvalue weighted by molar-refractivity contribution is 5.91. The average Bonchev–Trinajstić information content (AvgIpc) is 2.89. The number of nitrogens with zero attached hydrogens (tertiary/aromatic N) is 3. The first-order chi connectivity index (χ1) is 16.9. The van der Waals surface area contributed by atoms with Gasteiger partial charge in [-0.25, -0.2) is 9.78 Å². The number of benzene rings is 1. The third kappa shape index (κ3) is 7.44. The number of ether oxygens (including phenoxy) is 1. The molecule has 7 heteroatoms. The first-order valence-electron chi connectivity index (χ1n) is 12.2. The van der Waals surface area contributed by atoms with Crippen molar-refractivity contribution in [2.75, 3.05) is 43.5 Å². The Kier molecular flexibility index (Phi) is 9.47. The van der Waals surface area contributed by atoms with Crippen molar-refractivity contribution in [3.63, 3.8) is 0 Å². The Bertz CT molecular complexity index is 1040. The number of hydrogen-bond donors (Lipinski definition) is 1. The molecule has 3 rings (SSSR count). The van der Waals surface area contributed by atoms with Crippen LogP contribution in [0.4, 0.5) is 16.3 Å². The molecule has 2 aromatic rings. The molecule has 0 bridgehead atoms. The van der Waals surface area contributed by atoms with E-state index in [4.69, 9.17) is 4.74 Å². The number of aromatic nitrogens is 1. The highest BCUT2D eigenvalue weighted by Gasteiger charge is 2.21. The van der Waals surface area contributed by atoms with Crippen LogP contribution >= 0.6 is 0 Å². The highest BCUT2D eigenvalue weighted by atomic mass is 16.5. The van der Waals surface area contributed by atoms with Crippen LogP contribution in [-0.4, -0.2) is 55.2 Å². The number of allylic oxidation sites excluding steroid dienone is 4. The SMILES string of the molecule is CC=CC(=CC(C)CC)c1ccc(CC(=O)Nc2ccc(N3CCN(C(=O)OC)CC3)cn2)cc1. The van der Waals surface area contributed by atoms with Crippen LogP contribution in [0.3, 0.4) is 0 Å². The summed E-state index contributed by atoms with van der Waals surface area (Å²) in [6.45, 7) is 9.05. The Labute approximate surface area is 208 Å². The van der Waals surface area contributed by atoms with Gasteiger partial charge in [-0.1, -0.05) is 62.8 Å². The maximum absolute atomic E-state index is 12.6. The van der Waals surface area contributed by atoms with Crippen LogP contribution in [0, 0.1) is 5.92 Å². The highest BCUT2D eigenvalue weighted by Crippen LogP contribution is 2.21. The maximum atomic E-state index is 12.6. The molecular formula is C28H36N4O3. The molecule has 35 heavy (non-hydrogen) atoms. The average molecular weight is 477 g/mol. The van der Waals surface area contributed by atoms with E-state index in [1.807, 2.05) is 31.2 Å². The van der Waals surface area contributed by atoms with E-state index in [0.717, 1.165) is 23.2 Å². The zero-order valence-electron chi connectivity index (χ0n) is 21.2. The number of pyridine rings is 1. The summed E-state index contributed by atoms with van der Waals surface area (Å²) in [7, 11) is 1.40. The van der Waals surface area contributed by atoms with Crippen molar-refractivity contribution in [2.45, 2.75) is 33.6 Å². The molecule has 1 aliphatic heterocycles. The number of amides is 2. The van der Waals surface area contributed by atoms with E-state index in [2.05, 4.69) is 59.4 Å². The number of piperazine rings is 1. The van der Waals surface area contributed by atoms with Crippen molar-refractivity contribution in [1.29, 1.82) is 0 Å². The van der Waals surface area contributed by atoms with Crippen molar-refractivity contribution < 1.29 is 14.3 Å². The Balaban J connectivity index is 1.54. The van der Waals surface area contributed by atoms with Gasteiger partial charge >= 0.3 is 6.09 Å². The van der Waals surface area contributed by atoms with Crippen LogP contribution in [0.1, 0.15) is 38.3 Å². The van der Waals surface area contributed by atoms with E-state index in [0.29, 0.717) is 37.9 Å². The van der Waals surface area contributed by atoms with E-state index < -0.39 is 0 Å². The smallest absolute Gasteiger partial charge is 0.409 e. The molecule has 1 aliphatic rings. The van der Waals surface area contributed by atoms with Crippen LogP contribution in [-0.2, 0) is 16.0 Å². The van der Waals surface area contributed by atoms with Crippen molar-refractivity contribution in [2.24, 2.45) is 5.92 Å². The number of hydrogen-bond acceptors (Lipinski definition) is 5. The van der Waals surface area contributed by atoms with Crippen molar-refractivity contribution >= 4 is 29.1 Å². The van der Waals surface area contributed by atoms with E-state index in [1.165, 1.54) is 12.7 Å². The van der Waals surface area contributed by atoms with Gasteiger partial charge in [0.1, 0.15) is 5.82 Å². The topological polar surface area (TPSA) is 74.8 Å². The number of anilines is 2. The molecule has 1 aromatic carbocycles. The van der Waals surface area contributed by atoms with Gasteiger partial charge in [-0.05, 0) is 41.7 Å². The second kappa shape index (κ2) is 12.7. The van der Waals surface area contributed by atoms with Gasteiger partial charge in [0.2, 0.25) is 5.91 Å². The fourth-order valence-corrected chi connectivity index (χ4v) is 3.96. The van der Waals surface area contributed by atoms with Crippen LogP contribution in [0.25, 0.3) is 5.57 Å². The van der Waals surface area contributed by atoms with Crippen LogP contribution in [0.5, 0.6) is 0 Å². The predicted molar refractivity (Wildman–Crippen MR) is 141 cm³/mol. The lowest BCUT2D eigenvalue weighted by Crippen LogP contribution is -2.48. The molecule has 186 valence electrons. The fourth-order valence-electron chi connectivity index (χ4n) is 3.96. The van der Waals surface area contributed by atoms with Gasteiger partial charge in [-0.2, -0.15) is 0 Å². The number of nitrogens with one attached hydrogen (secondary N) is 1. The minimum absolute atomic E-state index is 0.103. The summed E-state index contributed by atoms with van der Waals surface area (Å²) < 4.78 is 4.78. The standard InChI is InChI=1S/C28H36N4O3/c1-5-7-24(18-21(3)6-2)23-10-8-22(9-11-23)19-27(33)30-26-13-12-25(20-29-26)31-14-16-32(17-15-31)28(34)35-4/h5,7-13,18,20-21H,6,14-17,19H2,1-4H3,(H,29,30,33). The molecule has 0 aliphatic carbocycles. The van der Waals surface area contributed by atoms with Gasteiger partial charge in [0.25, 0.3) is 0 Å². The minimum atomic E-state index is -0.295. The van der Waals surface area contributed by atoms with Gasteiger partial charge in [-0.3, -0.25) is 4.79 Å². The monoisotopic (exact) mass is 476 g/mol. The van der Waals surface area contributed by atoms with Crippen LogP contribution in [0.2, 0.25) is 0 Å². The summed E-state index contributed by atoms with van der Waals surface area (Å²) in [6, 6.07) is 11.9. The van der Waals surface area contributed by atoms with E-state index in [9.17, 15) is 9.59 Å². The van der Waals surface area contributed by atoms with Crippen molar-refractivity contribution in [3.8, 4) is 0 Å². The number of carbonyl (C=O) groups is 2. The zero-order valence-corrected chi connectivity index (χ0v) is 21.2. The van der Waals surface area contributed by atoms with Gasteiger partial charge in [-0.15, -0.1) is 0 Å². The first kappa shape index (κ1) is 26.0. The van der Waals surface area contributed by atoms with Gasteiger partial charge in [0.15, 0.2) is 0 Å². The molecule has 1 saturated heterocycles. The molecule has 2 amide bonds. The number of methoxy groups -OCH3 is 1. The summed E-state index contributed by atoms with van der Waals surface area (Å²) in [5.41, 5.74) is 4.27. The quantitative estimate of drug-likeness (QED) is 0.533. The summed E-state index contributed by atoms with van der Waals surface area (Å²) in [5, 5.41) is 2.88. The molecule has 0 radical (unpaired) electrons. The fraction of sp³-hybridized carbons (Fsp3) is 0.393. The summed E-state index contributed by atoms with van der Waals surface area (Å²) in [6.07, 6.45) is 9.31. The molecular weight excluding hydrogens is 440 g/mol. The molecule has 1 atom stereocenters. The zero-order chi connectivity index (χ0) is 25.2. The second-order valence-electron chi connectivity index (χ2n) is 8.78. The van der Waals surface area contributed by atoms with Crippen LogP contribution < -0.4 is 10.2 Å². The molecule has 7 nitrogen and oxygen atoms in total. The molecule has 1 unspecified atom stereocenters. The normalized spacial score (nSPS) is 15.3. The van der Waals surface area contributed by atoms with Crippen molar-refractivity contribution in [1.82, 2.24) is 9.88 Å². The Morgan fingerprint density at radius 2 is 1.83 bits per heavy atom. The van der Waals surface area contributed by atoms with Crippen molar-refractivity contribution in [3.05, 3.63) is 72.0 Å². The summed E-state index contributed by atoms with van der Waals surface area (Å²) in [4.78, 5) is 32.5. The lowest BCUT2D eigenvalue weighted by Gasteiger charge is -2.35. The summed E-state index contributed by atoms with van der Waals surface area (Å²) in [5.74, 6) is 0.930. The van der Waals surface area contributed by atoms with Gasteiger partial charge in [0, 0.05) is 26.2 Å². The Morgan fingerprint density at radius 3 is 2.40 bits per heavy atom. The molecule has 1 fully saturated rings. The molecule has 1 N–H and O–H groups in total. The van der Waals surface area contributed by atoms with E-state index in [1.54, 1.807) is 11.1 Å². The Morgan fingerprint density at radius 1 is 1.11 bits per heavy atom. The third-order valence-electron chi connectivity index (χ3n) is 6.20. The van der Waals surface area contributed by atoms with Gasteiger partial charge in [0.05, 0.1) is 25.4 Å². The second-order valence-corrected chi connectivity index (χ2v) is 8.78. The molecule has 1 aromatic heterocycles. The van der Waals surface area contributed by atoms with E-state index in [-0.39, 0.29) is 18.4 Å². The molecule has 2 heterocycles. The molecule has 0 spiro atoms. The lowest BCUT2D eigenvalue weighted by molar-refractivity contribution is -0.115. The van der Waals surface area contributed by atoms with Crippen LogP contribution in [0.15, 0.2) is 60.8 Å². The summed E-state index contributed by atoms with van der Waals surface area (Å²) >= 11 is 0. The predicted octanol–water partition coefficient (Wildman–Crippen LogP) is 5.16. The minimum Gasteiger partial charge on any atom is -0.453 e. The molecule has 0 saturated carbocycles.